The molecule has 1 aromatic heterocycles. The summed E-state index contributed by atoms with van der Waals surface area (Å²) >= 11 is 6.22. The van der Waals surface area contributed by atoms with Crippen LogP contribution >= 0.6 is 11.6 Å². The van der Waals surface area contributed by atoms with Crippen LogP contribution in [0.3, 0.4) is 0 Å². The molecular weight excluding hydrogens is 398 g/mol. The first kappa shape index (κ1) is 21.9. The molecule has 0 N–H and O–H groups in total. The molecule has 0 saturated carbocycles. The lowest BCUT2D eigenvalue weighted by Crippen LogP contribution is -2.33. The number of carbonyl (C=O) groups is 1. The minimum Gasteiger partial charge on any atom is -0.439 e. The van der Waals surface area contributed by atoms with E-state index in [0.717, 1.165) is 16.9 Å². The van der Waals surface area contributed by atoms with Gasteiger partial charge in [0.05, 0.1) is 23.5 Å². The third-order valence-corrected chi connectivity index (χ3v) is 4.97. The minimum atomic E-state index is 0.115. The van der Waals surface area contributed by atoms with Crippen LogP contribution in [0, 0.1) is 12.8 Å². The molecular formula is C24H28ClN3O2. The van der Waals surface area contributed by atoms with Crippen molar-refractivity contribution in [3.8, 4) is 17.3 Å². The Morgan fingerprint density at radius 3 is 2.53 bits per heavy atom. The third kappa shape index (κ3) is 5.22. The van der Waals surface area contributed by atoms with Crippen molar-refractivity contribution in [1.82, 2.24) is 14.7 Å². The average molecular weight is 426 g/mol. The van der Waals surface area contributed by atoms with Gasteiger partial charge in [0, 0.05) is 18.0 Å². The highest BCUT2D eigenvalue weighted by atomic mass is 35.5. The maximum atomic E-state index is 12.6. The van der Waals surface area contributed by atoms with Crippen molar-refractivity contribution in [3.05, 3.63) is 70.9 Å². The predicted octanol–water partition coefficient (Wildman–Crippen LogP) is 6.02. The molecule has 0 aliphatic rings. The lowest BCUT2D eigenvalue weighted by atomic mass is 10.1. The molecule has 158 valence electrons. The van der Waals surface area contributed by atoms with Crippen LogP contribution in [-0.4, -0.2) is 27.1 Å². The van der Waals surface area contributed by atoms with Gasteiger partial charge in [0.15, 0.2) is 0 Å². The van der Waals surface area contributed by atoms with Crippen molar-refractivity contribution in [2.45, 2.75) is 40.7 Å². The number of hydrogen-bond donors (Lipinski definition) is 0. The Bertz CT molecular complexity index is 999. The van der Waals surface area contributed by atoms with Crippen molar-refractivity contribution in [2.75, 3.05) is 6.54 Å². The van der Waals surface area contributed by atoms with Gasteiger partial charge in [0.2, 0.25) is 11.8 Å². The normalized spacial score (nSPS) is 11.0. The molecule has 3 rings (SSSR count). The smallest absolute Gasteiger partial charge is 0.227 e. The standard InChI is InChI=1S/C24H28ClN3O2/c1-5-23(29)27(15-17(2)3)16-22-18(4)26-28(20-11-9-10-19(25)14-20)24(22)30-21-12-7-6-8-13-21/h6-14,17H,5,15-16H2,1-4H3. The van der Waals surface area contributed by atoms with Gasteiger partial charge in [-0.05, 0) is 43.2 Å². The van der Waals surface area contributed by atoms with Gasteiger partial charge < -0.3 is 9.64 Å². The number of rotatable bonds is 8. The summed E-state index contributed by atoms with van der Waals surface area (Å²) in [6.07, 6.45) is 0.461. The second kappa shape index (κ2) is 9.81. The van der Waals surface area contributed by atoms with Crippen molar-refractivity contribution < 1.29 is 9.53 Å². The lowest BCUT2D eigenvalue weighted by molar-refractivity contribution is -0.132. The van der Waals surface area contributed by atoms with Crippen LogP contribution in [0.25, 0.3) is 5.69 Å². The molecule has 1 heterocycles. The number of aromatic nitrogens is 2. The maximum absolute atomic E-state index is 12.6. The lowest BCUT2D eigenvalue weighted by Gasteiger charge is -2.24. The first-order valence-electron chi connectivity index (χ1n) is 10.2. The average Bonchev–Trinajstić information content (AvgIpc) is 3.02. The van der Waals surface area contributed by atoms with Crippen molar-refractivity contribution in [3.63, 3.8) is 0 Å². The second-order valence-corrected chi connectivity index (χ2v) is 8.13. The number of amides is 1. The number of carbonyl (C=O) groups excluding carboxylic acids is 1. The van der Waals surface area contributed by atoms with Crippen molar-refractivity contribution in [1.29, 1.82) is 0 Å². The number of ether oxygens (including phenoxy) is 1. The van der Waals surface area contributed by atoms with Gasteiger partial charge in [0.1, 0.15) is 5.75 Å². The highest BCUT2D eigenvalue weighted by molar-refractivity contribution is 6.30. The quantitative estimate of drug-likeness (QED) is 0.443. The summed E-state index contributed by atoms with van der Waals surface area (Å²) in [5, 5.41) is 5.35. The molecule has 1 amide bonds. The van der Waals surface area contributed by atoms with Gasteiger partial charge in [0.25, 0.3) is 0 Å². The largest absolute Gasteiger partial charge is 0.439 e. The number of benzene rings is 2. The van der Waals surface area contributed by atoms with E-state index in [1.807, 2.05) is 73.3 Å². The Balaban J connectivity index is 2.08. The van der Waals surface area contributed by atoms with E-state index >= 15 is 0 Å². The number of nitrogens with zero attached hydrogens (tertiary/aromatic N) is 3. The highest BCUT2D eigenvalue weighted by Gasteiger charge is 2.23. The summed E-state index contributed by atoms with van der Waals surface area (Å²) in [5.41, 5.74) is 2.51. The molecule has 0 spiro atoms. The summed E-state index contributed by atoms with van der Waals surface area (Å²) < 4.78 is 8.05. The summed E-state index contributed by atoms with van der Waals surface area (Å²) in [4.78, 5) is 14.5. The SMILES string of the molecule is CCC(=O)N(Cc1c(C)nn(-c2cccc(Cl)c2)c1Oc1ccccc1)CC(C)C. The molecule has 0 radical (unpaired) electrons. The van der Waals surface area contributed by atoms with Crippen LogP contribution in [0.15, 0.2) is 54.6 Å². The first-order valence-corrected chi connectivity index (χ1v) is 10.6. The van der Waals surface area contributed by atoms with Gasteiger partial charge in [-0.2, -0.15) is 5.10 Å². The fourth-order valence-corrected chi connectivity index (χ4v) is 3.50. The van der Waals surface area contributed by atoms with E-state index in [1.165, 1.54) is 0 Å². The molecule has 3 aromatic rings. The zero-order valence-electron chi connectivity index (χ0n) is 17.9. The second-order valence-electron chi connectivity index (χ2n) is 7.70. The molecule has 30 heavy (non-hydrogen) atoms. The highest BCUT2D eigenvalue weighted by Crippen LogP contribution is 2.32. The first-order chi connectivity index (χ1) is 14.4. The summed E-state index contributed by atoms with van der Waals surface area (Å²) in [7, 11) is 0. The van der Waals surface area contributed by atoms with E-state index in [2.05, 4.69) is 13.8 Å². The summed E-state index contributed by atoms with van der Waals surface area (Å²) in [6.45, 7) is 9.18. The van der Waals surface area contributed by atoms with Gasteiger partial charge in [-0.25, -0.2) is 4.68 Å². The fraction of sp³-hybridized carbons (Fsp3) is 0.333. The van der Waals surface area contributed by atoms with Crippen LogP contribution in [0.2, 0.25) is 5.02 Å². The summed E-state index contributed by atoms with van der Waals surface area (Å²) in [6, 6.07) is 17.1. The van der Waals surface area contributed by atoms with Crippen LogP contribution in [0.5, 0.6) is 11.6 Å². The van der Waals surface area contributed by atoms with Gasteiger partial charge in [-0.15, -0.1) is 0 Å². The van der Waals surface area contributed by atoms with Crippen molar-refractivity contribution >= 4 is 17.5 Å². The van der Waals surface area contributed by atoms with E-state index < -0.39 is 0 Å². The van der Waals surface area contributed by atoms with Crippen LogP contribution in [-0.2, 0) is 11.3 Å². The topological polar surface area (TPSA) is 47.4 Å². The van der Waals surface area contributed by atoms with Crippen LogP contribution in [0.1, 0.15) is 38.4 Å². The Labute approximate surface area is 183 Å². The molecule has 0 bridgehead atoms. The molecule has 0 atom stereocenters. The Kier molecular flexibility index (Phi) is 7.16. The fourth-order valence-electron chi connectivity index (χ4n) is 3.32. The van der Waals surface area contributed by atoms with E-state index in [4.69, 9.17) is 21.4 Å². The van der Waals surface area contributed by atoms with Crippen LogP contribution in [0.4, 0.5) is 0 Å². The van der Waals surface area contributed by atoms with E-state index in [-0.39, 0.29) is 5.91 Å². The number of halogens is 1. The monoisotopic (exact) mass is 425 g/mol. The number of para-hydroxylation sites is 1. The Hall–Kier alpha value is -2.79. The molecule has 6 heteroatoms. The van der Waals surface area contributed by atoms with E-state index in [1.54, 1.807) is 4.68 Å². The molecule has 0 aliphatic carbocycles. The zero-order chi connectivity index (χ0) is 21.7. The molecule has 0 aliphatic heterocycles. The predicted molar refractivity (Wildman–Crippen MR) is 120 cm³/mol. The zero-order valence-corrected chi connectivity index (χ0v) is 18.7. The number of aryl methyl sites for hydroxylation is 1. The Morgan fingerprint density at radius 1 is 1.17 bits per heavy atom. The van der Waals surface area contributed by atoms with E-state index in [0.29, 0.717) is 42.1 Å². The van der Waals surface area contributed by atoms with Crippen LogP contribution < -0.4 is 4.74 Å². The molecule has 2 aromatic carbocycles. The Morgan fingerprint density at radius 2 is 1.90 bits per heavy atom. The van der Waals surface area contributed by atoms with E-state index in [9.17, 15) is 4.79 Å². The molecule has 5 nitrogen and oxygen atoms in total. The maximum Gasteiger partial charge on any atom is 0.227 e. The summed E-state index contributed by atoms with van der Waals surface area (Å²) in [5.74, 6) is 1.78. The molecule has 0 unspecified atom stereocenters. The van der Waals surface area contributed by atoms with Crippen molar-refractivity contribution in [2.24, 2.45) is 5.92 Å². The molecule has 0 saturated heterocycles. The number of hydrogen-bond acceptors (Lipinski definition) is 3. The van der Waals surface area contributed by atoms with Gasteiger partial charge in [-0.1, -0.05) is 56.6 Å². The molecule has 0 fully saturated rings. The van der Waals surface area contributed by atoms with Gasteiger partial charge in [-0.3, -0.25) is 4.79 Å². The minimum absolute atomic E-state index is 0.115. The van der Waals surface area contributed by atoms with Gasteiger partial charge >= 0.3 is 0 Å². The third-order valence-electron chi connectivity index (χ3n) is 4.74.